The maximum Gasteiger partial charge on any atom is 0.225 e. The van der Waals surface area contributed by atoms with Gasteiger partial charge >= 0.3 is 0 Å². The number of nitrogens with zero attached hydrogens (tertiary/aromatic N) is 4. The third kappa shape index (κ3) is 4.67. The summed E-state index contributed by atoms with van der Waals surface area (Å²) in [5.41, 5.74) is 3.37. The molecule has 0 spiro atoms. The van der Waals surface area contributed by atoms with Crippen LogP contribution in [0.5, 0.6) is 0 Å². The second-order valence-electron chi connectivity index (χ2n) is 7.56. The maximum atomic E-state index is 4.85. The highest BCUT2D eigenvalue weighted by Crippen LogP contribution is 2.25. The normalized spacial score (nSPS) is 15.2. The minimum absolute atomic E-state index is 0.337. The summed E-state index contributed by atoms with van der Waals surface area (Å²) in [6.45, 7) is 8.21. The van der Waals surface area contributed by atoms with Gasteiger partial charge in [0.25, 0.3) is 0 Å². The van der Waals surface area contributed by atoms with E-state index >= 15 is 0 Å². The van der Waals surface area contributed by atoms with Gasteiger partial charge in [0.15, 0.2) is 0 Å². The van der Waals surface area contributed by atoms with Gasteiger partial charge in [-0.15, -0.1) is 0 Å². The van der Waals surface area contributed by atoms with Gasteiger partial charge in [-0.25, -0.2) is 4.98 Å². The van der Waals surface area contributed by atoms with Crippen molar-refractivity contribution in [3.8, 4) is 11.3 Å². The zero-order valence-electron chi connectivity index (χ0n) is 17.3. The highest BCUT2D eigenvalue weighted by molar-refractivity contribution is 5.65. The van der Waals surface area contributed by atoms with Crippen LogP contribution in [0.25, 0.3) is 11.3 Å². The Morgan fingerprint density at radius 1 is 0.862 bits per heavy atom. The monoisotopic (exact) mass is 387 g/mol. The fraction of sp³-hybridized carbons (Fsp3) is 0.333. The fourth-order valence-electron chi connectivity index (χ4n) is 3.57. The van der Waals surface area contributed by atoms with Crippen molar-refractivity contribution in [1.82, 2.24) is 9.97 Å². The van der Waals surface area contributed by atoms with E-state index in [1.54, 1.807) is 0 Å². The second-order valence-corrected chi connectivity index (χ2v) is 7.56. The van der Waals surface area contributed by atoms with Crippen LogP contribution in [-0.2, 0) is 0 Å². The molecule has 3 aromatic rings. The fourth-order valence-corrected chi connectivity index (χ4v) is 3.57. The first-order valence-corrected chi connectivity index (χ1v) is 10.5. The lowest BCUT2D eigenvalue weighted by atomic mass is 10.1. The number of piperazine rings is 1. The number of hydrogen-bond acceptors (Lipinski definition) is 5. The SMILES string of the molecule is CCC(C)Nc1nc(-c2ccccc2)cc(N2CCN(c3ccccc3)CC2)n1. The van der Waals surface area contributed by atoms with Gasteiger partial charge in [0.2, 0.25) is 5.95 Å². The van der Waals surface area contributed by atoms with Crippen LogP contribution in [0.3, 0.4) is 0 Å². The number of para-hydroxylation sites is 1. The first-order valence-electron chi connectivity index (χ1n) is 10.5. The van der Waals surface area contributed by atoms with Crippen molar-refractivity contribution in [2.75, 3.05) is 41.3 Å². The van der Waals surface area contributed by atoms with Crippen molar-refractivity contribution in [2.24, 2.45) is 0 Å². The van der Waals surface area contributed by atoms with E-state index in [1.807, 2.05) is 6.07 Å². The van der Waals surface area contributed by atoms with Crippen LogP contribution in [0.2, 0.25) is 0 Å². The average Bonchev–Trinajstić information content (AvgIpc) is 2.80. The van der Waals surface area contributed by atoms with Crippen LogP contribution in [0.1, 0.15) is 20.3 Å². The number of nitrogens with one attached hydrogen (secondary N) is 1. The van der Waals surface area contributed by atoms with Crippen molar-refractivity contribution in [1.29, 1.82) is 0 Å². The lowest BCUT2D eigenvalue weighted by Crippen LogP contribution is -2.46. The molecule has 1 fully saturated rings. The average molecular weight is 388 g/mol. The van der Waals surface area contributed by atoms with Crippen LogP contribution in [0.4, 0.5) is 17.5 Å². The molecule has 29 heavy (non-hydrogen) atoms. The van der Waals surface area contributed by atoms with Crippen molar-refractivity contribution < 1.29 is 0 Å². The summed E-state index contributed by atoms with van der Waals surface area (Å²) < 4.78 is 0. The van der Waals surface area contributed by atoms with Crippen LogP contribution < -0.4 is 15.1 Å². The number of aromatic nitrogens is 2. The summed E-state index contributed by atoms with van der Waals surface area (Å²) in [6, 6.07) is 23.4. The minimum Gasteiger partial charge on any atom is -0.368 e. The molecule has 0 radical (unpaired) electrons. The van der Waals surface area contributed by atoms with Gasteiger partial charge in [-0.3, -0.25) is 0 Å². The molecule has 1 saturated heterocycles. The zero-order valence-corrected chi connectivity index (χ0v) is 17.3. The van der Waals surface area contributed by atoms with E-state index in [0.717, 1.165) is 49.7 Å². The highest BCUT2D eigenvalue weighted by atomic mass is 15.3. The summed E-state index contributed by atoms with van der Waals surface area (Å²) in [5, 5.41) is 3.46. The molecule has 1 aromatic heterocycles. The van der Waals surface area contributed by atoms with E-state index in [1.165, 1.54) is 5.69 Å². The first-order chi connectivity index (χ1) is 14.2. The van der Waals surface area contributed by atoms with E-state index < -0.39 is 0 Å². The Morgan fingerprint density at radius 2 is 1.48 bits per heavy atom. The molecular formula is C24H29N5. The highest BCUT2D eigenvalue weighted by Gasteiger charge is 2.20. The van der Waals surface area contributed by atoms with E-state index in [4.69, 9.17) is 9.97 Å². The molecule has 1 aliphatic rings. The van der Waals surface area contributed by atoms with Crippen molar-refractivity contribution >= 4 is 17.5 Å². The first kappa shape index (κ1) is 19.2. The number of hydrogen-bond donors (Lipinski definition) is 1. The van der Waals surface area contributed by atoms with Gasteiger partial charge < -0.3 is 15.1 Å². The van der Waals surface area contributed by atoms with Gasteiger partial charge in [0.05, 0.1) is 5.69 Å². The summed E-state index contributed by atoms with van der Waals surface area (Å²) in [6.07, 6.45) is 1.03. The van der Waals surface area contributed by atoms with E-state index in [9.17, 15) is 0 Å². The molecule has 1 aliphatic heterocycles. The molecule has 150 valence electrons. The molecule has 1 unspecified atom stereocenters. The van der Waals surface area contributed by atoms with Crippen LogP contribution in [0.15, 0.2) is 66.7 Å². The molecular weight excluding hydrogens is 358 g/mol. The van der Waals surface area contributed by atoms with Crippen molar-refractivity contribution in [3.05, 3.63) is 66.7 Å². The topological polar surface area (TPSA) is 44.3 Å². The van der Waals surface area contributed by atoms with Crippen LogP contribution in [-0.4, -0.2) is 42.2 Å². The maximum absolute atomic E-state index is 4.85. The Labute approximate surface area is 173 Å². The Morgan fingerprint density at radius 3 is 2.14 bits per heavy atom. The quantitative estimate of drug-likeness (QED) is 0.665. The smallest absolute Gasteiger partial charge is 0.225 e. The van der Waals surface area contributed by atoms with Crippen LogP contribution in [0, 0.1) is 0 Å². The molecule has 1 atom stereocenters. The minimum atomic E-state index is 0.337. The molecule has 1 N–H and O–H groups in total. The number of rotatable bonds is 6. The standard InChI is InChI=1S/C24H29N5/c1-3-19(2)25-24-26-22(20-10-6-4-7-11-20)18-23(27-24)29-16-14-28(15-17-29)21-12-8-5-9-13-21/h4-13,18-19H,3,14-17H2,1-2H3,(H,25,26,27). The van der Waals surface area contributed by atoms with Crippen molar-refractivity contribution in [2.45, 2.75) is 26.3 Å². The Hall–Kier alpha value is -3.08. The predicted octanol–water partition coefficient (Wildman–Crippen LogP) is 4.68. The van der Waals surface area contributed by atoms with Crippen molar-refractivity contribution in [3.63, 3.8) is 0 Å². The van der Waals surface area contributed by atoms with E-state index in [0.29, 0.717) is 12.0 Å². The second kappa shape index (κ2) is 8.95. The van der Waals surface area contributed by atoms with E-state index in [2.05, 4.69) is 89.6 Å². The van der Waals surface area contributed by atoms with Gasteiger partial charge in [0, 0.05) is 49.5 Å². The lowest BCUT2D eigenvalue weighted by Gasteiger charge is -2.37. The summed E-state index contributed by atoms with van der Waals surface area (Å²) >= 11 is 0. The molecule has 2 heterocycles. The molecule has 0 amide bonds. The molecule has 0 aliphatic carbocycles. The summed E-state index contributed by atoms with van der Waals surface area (Å²) in [7, 11) is 0. The molecule has 5 nitrogen and oxygen atoms in total. The molecule has 0 bridgehead atoms. The van der Waals surface area contributed by atoms with Gasteiger partial charge in [-0.2, -0.15) is 4.98 Å². The lowest BCUT2D eigenvalue weighted by molar-refractivity contribution is 0.646. The Balaban J connectivity index is 1.57. The Bertz CT molecular complexity index is 905. The summed E-state index contributed by atoms with van der Waals surface area (Å²) in [5.74, 6) is 1.71. The Kier molecular flexibility index (Phi) is 5.94. The molecule has 2 aromatic carbocycles. The van der Waals surface area contributed by atoms with E-state index in [-0.39, 0.29) is 0 Å². The van der Waals surface area contributed by atoms with Gasteiger partial charge in [0.1, 0.15) is 5.82 Å². The van der Waals surface area contributed by atoms with Gasteiger partial charge in [-0.05, 0) is 25.5 Å². The molecule has 0 saturated carbocycles. The summed E-state index contributed by atoms with van der Waals surface area (Å²) in [4.78, 5) is 14.5. The number of anilines is 3. The van der Waals surface area contributed by atoms with Gasteiger partial charge in [-0.1, -0.05) is 55.5 Å². The number of benzene rings is 2. The zero-order chi connectivity index (χ0) is 20.1. The third-order valence-corrected chi connectivity index (χ3v) is 5.50. The largest absolute Gasteiger partial charge is 0.368 e. The molecule has 4 rings (SSSR count). The predicted molar refractivity (Wildman–Crippen MR) is 122 cm³/mol. The van der Waals surface area contributed by atoms with Crippen LogP contribution >= 0.6 is 0 Å². The third-order valence-electron chi connectivity index (χ3n) is 5.50. The molecule has 5 heteroatoms.